The Hall–Kier alpha value is -1.64. The fourth-order valence-electron chi connectivity index (χ4n) is 1.57. The van der Waals surface area contributed by atoms with Crippen LogP contribution in [0.3, 0.4) is 0 Å². The Morgan fingerprint density at radius 2 is 2.25 bits per heavy atom. The highest BCUT2D eigenvalue weighted by Crippen LogP contribution is 2.19. The molecule has 0 heterocycles. The van der Waals surface area contributed by atoms with Gasteiger partial charge in [-0.3, -0.25) is 0 Å². The number of carboxylic acid groups (broad SMARTS) is 1. The van der Waals surface area contributed by atoms with Crippen LogP contribution >= 0.6 is 0 Å². The summed E-state index contributed by atoms with van der Waals surface area (Å²) >= 11 is 0. The third-order valence-corrected chi connectivity index (χ3v) is 2.48. The van der Waals surface area contributed by atoms with Crippen molar-refractivity contribution in [2.24, 2.45) is 0 Å². The lowest BCUT2D eigenvalue weighted by Gasteiger charge is -2.07. The molecule has 1 rings (SSSR count). The maximum absolute atomic E-state index is 13.4. The summed E-state index contributed by atoms with van der Waals surface area (Å²) in [6.45, 7) is 5.67. The first kappa shape index (κ1) is 12.4. The Kier molecular flexibility index (Phi) is 4.23. The van der Waals surface area contributed by atoms with Gasteiger partial charge in [-0.1, -0.05) is 26.0 Å². The van der Waals surface area contributed by atoms with E-state index < -0.39 is 11.8 Å². The van der Waals surface area contributed by atoms with Crippen LogP contribution in [-0.2, 0) is 6.42 Å². The number of halogens is 1. The monoisotopic (exact) mass is 222 g/mol. The highest BCUT2D eigenvalue weighted by Gasteiger charge is 2.13. The smallest absolute Gasteiger partial charge is 0.338 e. The molecule has 0 aliphatic heterocycles. The molecule has 0 aliphatic carbocycles. The molecule has 0 amide bonds. The normalized spacial score (nSPS) is 10.1. The summed E-state index contributed by atoms with van der Waals surface area (Å²) in [5.41, 5.74) is 1.22. The molecule has 0 aromatic heterocycles. The molecule has 0 radical (unpaired) electrons. The summed E-state index contributed by atoms with van der Waals surface area (Å²) in [5, 5.41) is 8.78. The van der Waals surface area contributed by atoms with Crippen LogP contribution in [0.5, 0.6) is 0 Å². The molecule has 2 nitrogen and oxygen atoms in total. The average molecular weight is 222 g/mol. The van der Waals surface area contributed by atoms with Gasteiger partial charge in [-0.05, 0) is 36.1 Å². The van der Waals surface area contributed by atoms with Crippen LogP contribution in [0, 0.1) is 5.82 Å². The van der Waals surface area contributed by atoms with Crippen LogP contribution in [0.25, 0.3) is 6.08 Å². The van der Waals surface area contributed by atoms with Crippen molar-refractivity contribution in [1.82, 2.24) is 0 Å². The average Bonchev–Trinajstić information content (AvgIpc) is 2.25. The van der Waals surface area contributed by atoms with Gasteiger partial charge in [0, 0.05) is 0 Å². The van der Waals surface area contributed by atoms with E-state index in [1.54, 1.807) is 6.08 Å². The van der Waals surface area contributed by atoms with Crippen LogP contribution in [-0.4, -0.2) is 11.1 Å². The number of benzene rings is 1. The van der Waals surface area contributed by atoms with Gasteiger partial charge in [-0.15, -0.1) is 0 Å². The number of aromatic carboxylic acids is 1. The van der Waals surface area contributed by atoms with Gasteiger partial charge < -0.3 is 5.11 Å². The molecule has 0 unspecified atom stereocenters. The van der Waals surface area contributed by atoms with Crippen molar-refractivity contribution in [3.63, 3.8) is 0 Å². The lowest BCUT2D eigenvalue weighted by atomic mass is 9.99. The quantitative estimate of drug-likeness (QED) is 0.827. The SMILES string of the molecule is C=Cc1cc(C(=O)O)c(F)cc1CCCC. The Balaban J connectivity index is 3.15. The van der Waals surface area contributed by atoms with Crippen molar-refractivity contribution < 1.29 is 14.3 Å². The molecular formula is C13H15FO2. The van der Waals surface area contributed by atoms with Gasteiger partial charge in [0.1, 0.15) is 5.82 Å². The number of carbonyl (C=O) groups is 1. The van der Waals surface area contributed by atoms with Crippen molar-refractivity contribution in [1.29, 1.82) is 0 Å². The van der Waals surface area contributed by atoms with Gasteiger partial charge in [0.25, 0.3) is 0 Å². The first-order chi connectivity index (χ1) is 7.60. The molecule has 86 valence electrons. The topological polar surface area (TPSA) is 37.3 Å². The summed E-state index contributed by atoms with van der Waals surface area (Å²) in [5.74, 6) is -1.92. The molecule has 1 aromatic rings. The molecule has 3 heteroatoms. The zero-order valence-electron chi connectivity index (χ0n) is 9.29. The number of unbranched alkanes of at least 4 members (excludes halogenated alkanes) is 1. The molecule has 1 N–H and O–H groups in total. The van der Waals surface area contributed by atoms with Gasteiger partial charge in [-0.2, -0.15) is 0 Å². The Morgan fingerprint density at radius 1 is 1.56 bits per heavy atom. The van der Waals surface area contributed by atoms with Gasteiger partial charge in [0.15, 0.2) is 0 Å². The van der Waals surface area contributed by atoms with Gasteiger partial charge in [0.05, 0.1) is 5.56 Å². The fourth-order valence-corrected chi connectivity index (χ4v) is 1.57. The molecule has 0 saturated carbocycles. The van der Waals surface area contributed by atoms with E-state index in [1.807, 2.05) is 0 Å². The van der Waals surface area contributed by atoms with E-state index in [9.17, 15) is 9.18 Å². The van der Waals surface area contributed by atoms with E-state index in [0.717, 1.165) is 24.8 Å². The summed E-state index contributed by atoms with van der Waals surface area (Å²) < 4.78 is 13.4. The molecular weight excluding hydrogens is 207 g/mol. The number of carboxylic acids is 1. The zero-order valence-corrected chi connectivity index (χ0v) is 9.29. The van der Waals surface area contributed by atoms with E-state index >= 15 is 0 Å². The number of hydrogen-bond donors (Lipinski definition) is 1. The fraction of sp³-hybridized carbons (Fsp3) is 0.308. The highest BCUT2D eigenvalue weighted by molar-refractivity contribution is 5.89. The molecule has 16 heavy (non-hydrogen) atoms. The van der Waals surface area contributed by atoms with Crippen molar-refractivity contribution in [2.75, 3.05) is 0 Å². The minimum atomic E-state index is -1.25. The zero-order chi connectivity index (χ0) is 12.1. The largest absolute Gasteiger partial charge is 0.478 e. The Bertz CT molecular complexity index is 411. The Morgan fingerprint density at radius 3 is 2.75 bits per heavy atom. The predicted octanol–water partition coefficient (Wildman–Crippen LogP) is 3.51. The summed E-state index contributed by atoms with van der Waals surface area (Å²) in [6.07, 6.45) is 4.27. The van der Waals surface area contributed by atoms with Crippen molar-refractivity contribution in [3.05, 3.63) is 41.2 Å². The molecule has 1 aromatic carbocycles. The minimum Gasteiger partial charge on any atom is -0.478 e. The molecule has 0 spiro atoms. The first-order valence-electron chi connectivity index (χ1n) is 5.28. The van der Waals surface area contributed by atoms with Crippen LogP contribution in [0.2, 0.25) is 0 Å². The standard InChI is InChI=1S/C13H15FO2/c1-3-5-6-10-8-12(14)11(13(15)16)7-9(10)4-2/h4,7-8H,2-3,5-6H2,1H3,(H,15,16). The molecule has 0 saturated heterocycles. The van der Waals surface area contributed by atoms with Crippen LogP contribution in [0.15, 0.2) is 18.7 Å². The first-order valence-corrected chi connectivity index (χ1v) is 5.28. The predicted molar refractivity (Wildman–Crippen MR) is 62.1 cm³/mol. The summed E-state index contributed by atoms with van der Waals surface area (Å²) in [6, 6.07) is 2.64. The van der Waals surface area contributed by atoms with Crippen LogP contribution < -0.4 is 0 Å². The molecule has 0 atom stereocenters. The molecule has 0 bridgehead atoms. The van der Waals surface area contributed by atoms with Gasteiger partial charge in [0.2, 0.25) is 0 Å². The lowest BCUT2D eigenvalue weighted by molar-refractivity contribution is 0.0692. The number of hydrogen-bond acceptors (Lipinski definition) is 1. The van der Waals surface area contributed by atoms with Crippen LogP contribution in [0.1, 0.15) is 41.3 Å². The molecule has 0 aliphatic rings. The number of rotatable bonds is 5. The van der Waals surface area contributed by atoms with Crippen molar-refractivity contribution in [2.45, 2.75) is 26.2 Å². The van der Waals surface area contributed by atoms with Gasteiger partial charge >= 0.3 is 5.97 Å². The second kappa shape index (κ2) is 5.45. The van der Waals surface area contributed by atoms with E-state index in [4.69, 9.17) is 5.11 Å². The number of aryl methyl sites for hydroxylation is 1. The van der Waals surface area contributed by atoms with Crippen molar-refractivity contribution in [3.8, 4) is 0 Å². The Labute approximate surface area is 94.4 Å². The van der Waals surface area contributed by atoms with Crippen LogP contribution in [0.4, 0.5) is 4.39 Å². The van der Waals surface area contributed by atoms with E-state index in [1.165, 1.54) is 12.1 Å². The van der Waals surface area contributed by atoms with Gasteiger partial charge in [-0.25, -0.2) is 9.18 Å². The summed E-state index contributed by atoms with van der Waals surface area (Å²) in [7, 11) is 0. The third-order valence-electron chi connectivity index (χ3n) is 2.48. The van der Waals surface area contributed by atoms with E-state index in [-0.39, 0.29) is 5.56 Å². The maximum atomic E-state index is 13.4. The van der Waals surface area contributed by atoms with E-state index in [2.05, 4.69) is 13.5 Å². The van der Waals surface area contributed by atoms with E-state index in [0.29, 0.717) is 5.56 Å². The summed E-state index contributed by atoms with van der Waals surface area (Å²) in [4.78, 5) is 10.7. The third kappa shape index (κ3) is 2.69. The minimum absolute atomic E-state index is 0.296. The van der Waals surface area contributed by atoms with Crippen molar-refractivity contribution >= 4 is 12.0 Å². The lowest BCUT2D eigenvalue weighted by Crippen LogP contribution is -2.03. The highest BCUT2D eigenvalue weighted by atomic mass is 19.1. The second-order valence-corrected chi connectivity index (χ2v) is 3.64. The second-order valence-electron chi connectivity index (χ2n) is 3.64. The molecule has 0 fully saturated rings. The maximum Gasteiger partial charge on any atom is 0.338 e.